The Hall–Kier alpha value is -3.55. The fraction of sp³-hybridized carbons (Fsp3) is 0.250. The average Bonchev–Trinajstić information content (AvgIpc) is 3.20. The van der Waals surface area contributed by atoms with E-state index in [0.29, 0.717) is 34.5 Å². The highest BCUT2D eigenvalue weighted by Gasteiger charge is 2.18. The molecule has 1 amide bonds. The smallest absolute Gasteiger partial charge is 0.255 e. The van der Waals surface area contributed by atoms with Gasteiger partial charge in [-0.05, 0) is 6.92 Å². The summed E-state index contributed by atoms with van der Waals surface area (Å²) in [5.74, 6) is 1.65. The van der Waals surface area contributed by atoms with Gasteiger partial charge in [0.05, 0.1) is 33.4 Å². The van der Waals surface area contributed by atoms with Gasteiger partial charge in [-0.2, -0.15) is 4.98 Å². The van der Waals surface area contributed by atoms with Gasteiger partial charge in [0.15, 0.2) is 11.5 Å². The molecule has 8 heteroatoms. The molecule has 2 aromatic carbocycles. The molecule has 28 heavy (non-hydrogen) atoms. The van der Waals surface area contributed by atoms with Crippen LogP contribution in [0, 0.1) is 6.92 Å². The van der Waals surface area contributed by atoms with E-state index >= 15 is 0 Å². The van der Waals surface area contributed by atoms with Crippen molar-refractivity contribution in [2.24, 2.45) is 0 Å². The molecule has 0 spiro atoms. The number of methoxy groups -OCH3 is 3. The van der Waals surface area contributed by atoms with Gasteiger partial charge in [0.2, 0.25) is 11.7 Å². The van der Waals surface area contributed by atoms with E-state index in [1.807, 2.05) is 31.2 Å². The van der Waals surface area contributed by atoms with E-state index in [4.69, 9.17) is 18.7 Å². The topological polar surface area (TPSA) is 95.7 Å². The molecule has 0 aliphatic carbocycles. The zero-order valence-corrected chi connectivity index (χ0v) is 16.1. The third-order valence-corrected chi connectivity index (χ3v) is 4.13. The van der Waals surface area contributed by atoms with E-state index in [9.17, 15) is 4.79 Å². The molecule has 0 atom stereocenters. The maximum absolute atomic E-state index is 12.6. The maximum atomic E-state index is 12.6. The molecule has 3 rings (SSSR count). The van der Waals surface area contributed by atoms with Crippen LogP contribution in [0.4, 0.5) is 0 Å². The van der Waals surface area contributed by atoms with Crippen molar-refractivity contribution in [3.63, 3.8) is 0 Å². The standard InChI is InChI=1S/C20H21N3O5/c1-12-5-7-13(8-6-12)19-22-18(28-23-19)11-21-20(24)14-9-16(26-3)17(27-4)10-15(14)25-2/h5-10H,11H2,1-4H3,(H,21,24). The van der Waals surface area contributed by atoms with Crippen molar-refractivity contribution in [1.82, 2.24) is 15.5 Å². The summed E-state index contributed by atoms with van der Waals surface area (Å²) in [4.78, 5) is 16.9. The minimum absolute atomic E-state index is 0.0786. The van der Waals surface area contributed by atoms with Crippen LogP contribution in [-0.4, -0.2) is 37.4 Å². The fourth-order valence-electron chi connectivity index (χ4n) is 2.60. The molecule has 8 nitrogen and oxygen atoms in total. The molecule has 1 aromatic heterocycles. The average molecular weight is 383 g/mol. The highest BCUT2D eigenvalue weighted by atomic mass is 16.5. The number of carbonyl (C=O) groups excluding carboxylic acids is 1. The highest BCUT2D eigenvalue weighted by Crippen LogP contribution is 2.34. The highest BCUT2D eigenvalue weighted by molar-refractivity contribution is 5.97. The van der Waals surface area contributed by atoms with Crippen LogP contribution in [-0.2, 0) is 6.54 Å². The van der Waals surface area contributed by atoms with Gasteiger partial charge in [0.25, 0.3) is 5.91 Å². The predicted octanol–water partition coefficient (Wildman–Crippen LogP) is 3.00. The van der Waals surface area contributed by atoms with Crippen molar-refractivity contribution in [3.8, 4) is 28.6 Å². The fourth-order valence-corrected chi connectivity index (χ4v) is 2.60. The molecular weight excluding hydrogens is 362 g/mol. The van der Waals surface area contributed by atoms with Crippen molar-refractivity contribution in [2.45, 2.75) is 13.5 Å². The Bertz CT molecular complexity index is 966. The summed E-state index contributed by atoms with van der Waals surface area (Å²) < 4.78 is 21.0. The number of nitrogens with zero attached hydrogens (tertiary/aromatic N) is 2. The van der Waals surface area contributed by atoms with E-state index in [-0.39, 0.29) is 12.5 Å². The minimum atomic E-state index is -0.368. The van der Waals surface area contributed by atoms with Gasteiger partial charge in [-0.1, -0.05) is 35.0 Å². The number of rotatable bonds is 7. The van der Waals surface area contributed by atoms with Crippen molar-refractivity contribution >= 4 is 5.91 Å². The largest absolute Gasteiger partial charge is 0.496 e. The number of hydrogen-bond acceptors (Lipinski definition) is 7. The molecule has 0 saturated carbocycles. The lowest BCUT2D eigenvalue weighted by atomic mass is 10.1. The Kier molecular flexibility index (Phi) is 5.78. The zero-order valence-electron chi connectivity index (χ0n) is 16.1. The number of ether oxygens (including phenoxy) is 3. The lowest BCUT2D eigenvalue weighted by Gasteiger charge is -2.13. The zero-order chi connectivity index (χ0) is 20.1. The number of benzene rings is 2. The van der Waals surface area contributed by atoms with E-state index in [1.165, 1.54) is 21.3 Å². The van der Waals surface area contributed by atoms with Crippen molar-refractivity contribution in [1.29, 1.82) is 0 Å². The maximum Gasteiger partial charge on any atom is 0.255 e. The van der Waals surface area contributed by atoms with Crippen molar-refractivity contribution in [3.05, 3.63) is 53.4 Å². The molecule has 146 valence electrons. The first-order valence-electron chi connectivity index (χ1n) is 8.53. The van der Waals surface area contributed by atoms with E-state index in [1.54, 1.807) is 12.1 Å². The minimum Gasteiger partial charge on any atom is -0.496 e. The Morgan fingerprint density at radius 1 is 1.00 bits per heavy atom. The summed E-state index contributed by atoms with van der Waals surface area (Å²) in [6, 6.07) is 10.9. The van der Waals surface area contributed by atoms with Crippen LogP contribution < -0.4 is 19.5 Å². The third-order valence-electron chi connectivity index (χ3n) is 4.13. The molecule has 3 aromatic rings. The number of hydrogen-bond donors (Lipinski definition) is 1. The second-order valence-electron chi connectivity index (χ2n) is 5.97. The Morgan fingerprint density at radius 3 is 2.29 bits per heavy atom. The predicted molar refractivity (Wildman–Crippen MR) is 102 cm³/mol. The van der Waals surface area contributed by atoms with Crippen LogP contribution in [0.3, 0.4) is 0 Å². The van der Waals surface area contributed by atoms with E-state index in [2.05, 4.69) is 15.5 Å². The summed E-state index contributed by atoms with van der Waals surface area (Å²) in [5.41, 5.74) is 2.29. The number of aromatic nitrogens is 2. The van der Waals surface area contributed by atoms with E-state index < -0.39 is 0 Å². The molecule has 0 bridgehead atoms. The van der Waals surface area contributed by atoms with Gasteiger partial charge in [0.1, 0.15) is 5.75 Å². The van der Waals surface area contributed by atoms with Gasteiger partial charge in [0, 0.05) is 17.7 Å². The van der Waals surface area contributed by atoms with E-state index in [0.717, 1.165) is 11.1 Å². The monoisotopic (exact) mass is 383 g/mol. The third kappa shape index (κ3) is 4.06. The van der Waals surface area contributed by atoms with Gasteiger partial charge in [-0.25, -0.2) is 0 Å². The van der Waals surface area contributed by atoms with Crippen LogP contribution in [0.1, 0.15) is 21.8 Å². The second kappa shape index (κ2) is 8.43. The number of carbonyl (C=O) groups is 1. The quantitative estimate of drug-likeness (QED) is 0.670. The normalized spacial score (nSPS) is 10.4. The Morgan fingerprint density at radius 2 is 1.64 bits per heavy atom. The molecule has 0 radical (unpaired) electrons. The molecule has 0 aliphatic rings. The van der Waals surface area contributed by atoms with Gasteiger partial charge in [-0.15, -0.1) is 0 Å². The summed E-state index contributed by atoms with van der Waals surface area (Å²) in [6.07, 6.45) is 0. The Labute approximate surface area is 162 Å². The van der Waals surface area contributed by atoms with Gasteiger partial charge < -0.3 is 24.1 Å². The van der Waals surface area contributed by atoms with Gasteiger partial charge >= 0.3 is 0 Å². The molecule has 0 aliphatic heterocycles. The van der Waals surface area contributed by atoms with Crippen LogP contribution in [0.15, 0.2) is 40.9 Å². The lowest BCUT2D eigenvalue weighted by Crippen LogP contribution is -2.23. The number of aryl methyl sites for hydroxylation is 1. The molecule has 1 N–H and O–H groups in total. The molecule has 1 heterocycles. The van der Waals surface area contributed by atoms with Gasteiger partial charge in [-0.3, -0.25) is 4.79 Å². The Balaban J connectivity index is 1.73. The molecular formula is C20H21N3O5. The van der Waals surface area contributed by atoms with Crippen LogP contribution in [0.2, 0.25) is 0 Å². The van der Waals surface area contributed by atoms with Crippen molar-refractivity contribution in [2.75, 3.05) is 21.3 Å². The number of nitrogens with one attached hydrogen (secondary N) is 1. The number of amides is 1. The molecule has 0 saturated heterocycles. The summed E-state index contributed by atoms with van der Waals surface area (Å²) >= 11 is 0. The first kappa shape index (κ1) is 19.2. The SMILES string of the molecule is COc1cc(OC)c(C(=O)NCc2nc(-c3ccc(C)cc3)no2)cc1OC. The summed E-state index contributed by atoms with van der Waals surface area (Å²) in [6.45, 7) is 2.08. The lowest BCUT2D eigenvalue weighted by molar-refractivity contribution is 0.0942. The van der Waals surface area contributed by atoms with Crippen LogP contribution in [0.25, 0.3) is 11.4 Å². The summed E-state index contributed by atoms with van der Waals surface area (Å²) in [5, 5.41) is 6.69. The first-order valence-corrected chi connectivity index (χ1v) is 8.53. The van der Waals surface area contributed by atoms with Crippen LogP contribution in [0.5, 0.6) is 17.2 Å². The molecule has 0 unspecified atom stereocenters. The summed E-state index contributed by atoms with van der Waals surface area (Å²) in [7, 11) is 4.49. The van der Waals surface area contributed by atoms with Crippen LogP contribution >= 0.6 is 0 Å². The van der Waals surface area contributed by atoms with Crippen molar-refractivity contribution < 1.29 is 23.5 Å². The second-order valence-corrected chi connectivity index (χ2v) is 5.97. The molecule has 0 fully saturated rings. The first-order chi connectivity index (χ1) is 13.5.